The van der Waals surface area contributed by atoms with Gasteiger partial charge in [-0.2, -0.15) is 0 Å². The quantitative estimate of drug-likeness (QED) is 0.505. The molecule has 0 unspecified atom stereocenters. The molecule has 0 saturated heterocycles. The van der Waals surface area contributed by atoms with Gasteiger partial charge in [-0.25, -0.2) is 22.5 Å². The number of carbonyl (C=O) groups excluding carboxylic acids is 1. The zero-order valence-corrected chi connectivity index (χ0v) is 17.9. The first-order chi connectivity index (χ1) is 14.7. The number of benzene rings is 2. The van der Waals surface area contributed by atoms with Crippen LogP contribution < -0.4 is 10.0 Å². The summed E-state index contributed by atoms with van der Waals surface area (Å²) in [6, 6.07) is 9.96. The van der Waals surface area contributed by atoms with Gasteiger partial charge in [0.1, 0.15) is 16.5 Å². The van der Waals surface area contributed by atoms with Crippen LogP contribution in [0.25, 0.3) is 11.5 Å². The summed E-state index contributed by atoms with van der Waals surface area (Å²) in [4.78, 5) is 16.2. The molecule has 0 spiro atoms. The van der Waals surface area contributed by atoms with Crippen LogP contribution >= 0.6 is 0 Å². The summed E-state index contributed by atoms with van der Waals surface area (Å²) in [6.07, 6.45) is 3.01. The zero-order valence-electron chi connectivity index (χ0n) is 17.1. The Balaban J connectivity index is 1.77. The molecule has 31 heavy (non-hydrogen) atoms. The van der Waals surface area contributed by atoms with E-state index < -0.39 is 26.6 Å². The molecule has 0 fully saturated rings. The predicted molar refractivity (Wildman–Crippen MR) is 116 cm³/mol. The molecule has 0 radical (unpaired) electrons. The largest absolute Gasteiger partial charge is 0.441 e. The maximum atomic E-state index is 14.0. The average Bonchev–Trinajstić information content (AvgIpc) is 3.23. The molecule has 3 rings (SSSR count). The van der Waals surface area contributed by atoms with Crippen molar-refractivity contribution in [1.29, 1.82) is 0 Å². The normalized spacial score (nSPS) is 11.5. The van der Waals surface area contributed by atoms with Gasteiger partial charge in [0.2, 0.25) is 15.9 Å². The monoisotopic (exact) mass is 443 g/mol. The number of halogens is 1. The highest BCUT2D eigenvalue weighted by Crippen LogP contribution is 2.25. The fourth-order valence-corrected chi connectivity index (χ4v) is 3.78. The van der Waals surface area contributed by atoms with E-state index in [0.29, 0.717) is 11.6 Å². The minimum absolute atomic E-state index is 0.00117. The number of rotatable bonds is 8. The number of hydrogen-bond donors (Lipinski definition) is 2. The summed E-state index contributed by atoms with van der Waals surface area (Å²) in [6.45, 7) is 7.36. The fourth-order valence-electron chi connectivity index (χ4n) is 2.68. The van der Waals surface area contributed by atoms with E-state index in [9.17, 15) is 17.6 Å². The van der Waals surface area contributed by atoms with E-state index >= 15 is 0 Å². The topological polar surface area (TPSA) is 101 Å². The molecule has 7 nitrogen and oxygen atoms in total. The van der Waals surface area contributed by atoms with Gasteiger partial charge in [0.05, 0.1) is 6.20 Å². The zero-order chi connectivity index (χ0) is 22.6. The number of nitrogens with one attached hydrogen (secondary N) is 2. The second-order valence-electron chi connectivity index (χ2n) is 7.04. The van der Waals surface area contributed by atoms with Gasteiger partial charge >= 0.3 is 0 Å². The maximum absolute atomic E-state index is 14.0. The molecule has 0 aliphatic carbocycles. The molecular weight excluding hydrogens is 421 g/mol. The van der Waals surface area contributed by atoms with Crippen molar-refractivity contribution in [2.75, 3.05) is 11.9 Å². The van der Waals surface area contributed by atoms with E-state index in [2.05, 4.69) is 21.6 Å². The third kappa shape index (κ3) is 5.25. The number of sulfonamides is 1. The van der Waals surface area contributed by atoms with Gasteiger partial charge in [-0.15, -0.1) is 6.58 Å². The van der Waals surface area contributed by atoms with E-state index in [4.69, 9.17) is 4.42 Å². The molecule has 1 heterocycles. The van der Waals surface area contributed by atoms with E-state index in [0.717, 1.165) is 23.5 Å². The Morgan fingerprint density at radius 2 is 1.94 bits per heavy atom. The first-order valence-corrected chi connectivity index (χ1v) is 11.0. The molecule has 1 amide bonds. The van der Waals surface area contributed by atoms with Crippen LogP contribution in [-0.4, -0.2) is 25.9 Å². The average molecular weight is 444 g/mol. The van der Waals surface area contributed by atoms with Gasteiger partial charge in [-0.3, -0.25) is 4.79 Å². The molecule has 0 aliphatic heterocycles. The number of aromatic nitrogens is 1. The second-order valence-corrected chi connectivity index (χ2v) is 8.78. The highest BCUT2D eigenvalue weighted by atomic mass is 32.2. The van der Waals surface area contributed by atoms with Crippen LogP contribution in [0, 0.1) is 5.82 Å². The lowest BCUT2D eigenvalue weighted by Gasteiger charge is -2.09. The Kier molecular flexibility index (Phi) is 6.67. The van der Waals surface area contributed by atoms with Crippen molar-refractivity contribution in [3.8, 4) is 11.5 Å². The molecule has 0 aliphatic rings. The molecular formula is C22H22FN3O4S. The molecule has 3 aromatic rings. The van der Waals surface area contributed by atoms with E-state index in [-0.39, 0.29) is 18.0 Å². The van der Waals surface area contributed by atoms with Crippen LogP contribution in [-0.2, 0) is 10.0 Å². The Hall–Kier alpha value is -3.30. The van der Waals surface area contributed by atoms with Gasteiger partial charge in [-0.1, -0.05) is 19.9 Å². The molecule has 1 aromatic heterocycles. The number of hydrogen-bond acceptors (Lipinski definition) is 5. The lowest BCUT2D eigenvalue weighted by Crippen LogP contribution is -2.25. The van der Waals surface area contributed by atoms with Crippen molar-refractivity contribution in [2.24, 2.45) is 0 Å². The highest BCUT2D eigenvalue weighted by molar-refractivity contribution is 7.89. The summed E-state index contributed by atoms with van der Waals surface area (Å²) in [5.41, 5.74) is 1.22. The van der Waals surface area contributed by atoms with Crippen molar-refractivity contribution in [1.82, 2.24) is 9.71 Å². The number of carbonyl (C=O) groups is 1. The Morgan fingerprint density at radius 3 is 2.55 bits per heavy atom. The number of anilines is 1. The van der Waals surface area contributed by atoms with E-state index in [1.54, 1.807) is 30.5 Å². The lowest BCUT2D eigenvalue weighted by atomic mass is 10.1. The summed E-state index contributed by atoms with van der Waals surface area (Å²) in [5.74, 6) is -0.0643. The predicted octanol–water partition coefficient (Wildman–Crippen LogP) is 4.32. The summed E-state index contributed by atoms with van der Waals surface area (Å²) in [5, 5.41) is 2.66. The van der Waals surface area contributed by atoms with Gasteiger partial charge < -0.3 is 9.73 Å². The Morgan fingerprint density at radius 1 is 1.23 bits per heavy atom. The van der Waals surface area contributed by atoms with Crippen LogP contribution in [0.4, 0.5) is 10.1 Å². The van der Waals surface area contributed by atoms with E-state index in [1.165, 1.54) is 12.1 Å². The molecule has 2 aromatic carbocycles. The minimum Gasteiger partial charge on any atom is -0.441 e. The molecule has 9 heteroatoms. The number of nitrogens with zero attached hydrogens (tertiary/aromatic N) is 1. The van der Waals surface area contributed by atoms with Gasteiger partial charge in [0.15, 0.2) is 0 Å². The molecule has 0 bridgehead atoms. The van der Waals surface area contributed by atoms with Crippen LogP contribution in [0.5, 0.6) is 0 Å². The Labute approximate surface area is 180 Å². The standard InChI is InChI=1S/C22H22FN3O4S/c1-4-11-25-31(28,29)20-12-16(7-10-18(20)23)21(27)26-17-8-5-15(6-9-17)22-24-13-19(30-22)14(2)3/h4-10,12-14,25H,1,11H2,2-3H3,(H,26,27). The van der Waals surface area contributed by atoms with Gasteiger partial charge in [-0.05, 0) is 42.5 Å². The minimum atomic E-state index is -4.12. The van der Waals surface area contributed by atoms with Crippen molar-refractivity contribution in [3.05, 3.63) is 78.5 Å². The van der Waals surface area contributed by atoms with E-state index in [1.807, 2.05) is 13.8 Å². The maximum Gasteiger partial charge on any atom is 0.255 e. The molecule has 162 valence electrons. The second kappa shape index (κ2) is 9.23. The highest BCUT2D eigenvalue weighted by Gasteiger charge is 2.20. The van der Waals surface area contributed by atoms with Crippen molar-refractivity contribution in [2.45, 2.75) is 24.7 Å². The van der Waals surface area contributed by atoms with Gasteiger partial charge in [0, 0.05) is 29.3 Å². The van der Waals surface area contributed by atoms with Crippen LogP contribution in [0.15, 0.2) is 70.6 Å². The number of amides is 1. The van der Waals surface area contributed by atoms with Crippen LogP contribution in [0.2, 0.25) is 0 Å². The first-order valence-electron chi connectivity index (χ1n) is 9.49. The molecule has 2 N–H and O–H groups in total. The summed E-state index contributed by atoms with van der Waals surface area (Å²) < 4.78 is 46.4. The smallest absolute Gasteiger partial charge is 0.255 e. The third-order valence-electron chi connectivity index (χ3n) is 4.38. The first kappa shape index (κ1) is 22.4. The number of oxazole rings is 1. The summed E-state index contributed by atoms with van der Waals surface area (Å²) in [7, 11) is -4.12. The SMILES string of the molecule is C=CCNS(=O)(=O)c1cc(C(=O)Nc2ccc(-c3ncc(C(C)C)o3)cc2)ccc1F. The van der Waals surface area contributed by atoms with Crippen molar-refractivity contribution < 1.29 is 22.0 Å². The summed E-state index contributed by atoms with van der Waals surface area (Å²) >= 11 is 0. The Bertz CT molecular complexity index is 1200. The molecule has 0 saturated carbocycles. The van der Waals surface area contributed by atoms with Crippen molar-refractivity contribution >= 4 is 21.6 Å². The molecule has 0 atom stereocenters. The third-order valence-corrected chi connectivity index (χ3v) is 5.82. The van der Waals surface area contributed by atoms with Crippen molar-refractivity contribution in [3.63, 3.8) is 0 Å². The van der Waals surface area contributed by atoms with Crippen LogP contribution in [0.1, 0.15) is 35.9 Å². The van der Waals surface area contributed by atoms with Crippen LogP contribution in [0.3, 0.4) is 0 Å². The van der Waals surface area contributed by atoms with Gasteiger partial charge in [0.25, 0.3) is 5.91 Å². The fraction of sp³-hybridized carbons (Fsp3) is 0.182. The lowest BCUT2D eigenvalue weighted by molar-refractivity contribution is 0.102.